The number of carbonyl (C=O) groups excluding carboxylic acids is 1. The number of carbonyl (C=O) groups is 1. The van der Waals surface area contributed by atoms with Crippen LogP contribution in [0.2, 0.25) is 0 Å². The molecule has 14 nitrogen and oxygen atoms in total. The highest BCUT2D eigenvalue weighted by atomic mass is 16.8. The van der Waals surface area contributed by atoms with Crippen LogP contribution >= 0.6 is 0 Å². The van der Waals surface area contributed by atoms with E-state index in [-0.39, 0.29) is 46.0 Å². The molecule has 0 aromatic carbocycles. The summed E-state index contributed by atoms with van der Waals surface area (Å²) >= 11 is 0. The first kappa shape index (κ1) is 43.2. The van der Waals surface area contributed by atoms with Gasteiger partial charge >= 0.3 is 0 Å². The summed E-state index contributed by atoms with van der Waals surface area (Å²) in [7, 11) is 0. The summed E-state index contributed by atoms with van der Waals surface area (Å²) < 4.78 is 31.0. The molecule has 0 aromatic rings. The SMILES string of the molecule is CC(C)(O)C1CC[C@@](C)(C2CC[C@]3(C)C2C(=O)CC2[C@@]4(C)CC[C@H](O[C@@H]5O[C@H](CO)[C@@H](O)[C@H](O)[C@H]5O[C@@H]5O[C@H](CO)[C@@H](O)[C@H](O)[C@H]5O)C(C)(C)C4CC[C@]23C)O1. The Labute approximate surface area is 331 Å². The number of aliphatic hydroxyl groups excluding tert-OH is 7. The van der Waals surface area contributed by atoms with Crippen LogP contribution in [0.5, 0.6) is 0 Å². The van der Waals surface area contributed by atoms with Crippen LogP contribution in [0.25, 0.3) is 0 Å². The van der Waals surface area contributed by atoms with Crippen LogP contribution in [0.4, 0.5) is 0 Å². The number of ether oxygens (including phenoxy) is 5. The zero-order valence-electron chi connectivity index (χ0n) is 34.5. The van der Waals surface area contributed by atoms with Gasteiger partial charge in [-0.2, -0.15) is 0 Å². The lowest BCUT2D eigenvalue weighted by molar-refractivity contribution is -0.378. The van der Waals surface area contributed by atoms with Gasteiger partial charge in [0.2, 0.25) is 0 Å². The molecule has 3 aliphatic heterocycles. The minimum atomic E-state index is -1.76. The third-order valence-electron chi connectivity index (χ3n) is 17.3. The van der Waals surface area contributed by atoms with Gasteiger partial charge in [-0.3, -0.25) is 4.79 Å². The first-order valence-corrected chi connectivity index (χ1v) is 21.2. The van der Waals surface area contributed by atoms with Gasteiger partial charge in [0.1, 0.15) is 54.6 Å². The van der Waals surface area contributed by atoms with E-state index in [2.05, 4.69) is 41.5 Å². The molecule has 4 saturated carbocycles. The number of hydrogen-bond acceptors (Lipinski definition) is 14. The Hall–Kier alpha value is -0.850. The average Bonchev–Trinajstić information content (AvgIpc) is 3.73. The van der Waals surface area contributed by atoms with Crippen molar-refractivity contribution in [1.29, 1.82) is 0 Å². The lowest BCUT2D eigenvalue weighted by Gasteiger charge is -2.69. The molecule has 7 aliphatic rings. The average molecular weight is 799 g/mol. The maximum absolute atomic E-state index is 14.7. The molecule has 0 aromatic heterocycles. The molecule has 0 radical (unpaired) electrons. The standard InChI is InChI=1S/C42H70O14/c1-37(2)24-10-15-40(6)25(17-21(45)28-20(9-14-41(28,40)7)42(8)16-12-27(56-42)38(3,4)51)39(24,5)13-11-26(37)54-36-34(32(49)30(47)23(19-44)53-36)55-35-33(50)31(48)29(46)22(18-43)52-35/h20,22-36,43-44,46-51H,9-19H2,1-8H3/t20?,22-,23-,24?,25?,26+,27?,28?,29-,30-,31+,32+,33-,34-,35+,36+,39+,40-,41-,42+/m1/s1. The van der Waals surface area contributed by atoms with Gasteiger partial charge in [0, 0.05) is 12.3 Å². The van der Waals surface area contributed by atoms with Crippen molar-refractivity contribution in [1.82, 2.24) is 0 Å². The minimum Gasteiger partial charge on any atom is -0.394 e. The summed E-state index contributed by atoms with van der Waals surface area (Å²) in [6, 6.07) is 0. The van der Waals surface area contributed by atoms with Crippen LogP contribution in [0.15, 0.2) is 0 Å². The fourth-order valence-corrected chi connectivity index (χ4v) is 13.8. The molecular weight excluding hydrogens is 728 g/mol. The number of fused-ring (bicyclic) bond motifs is 5. The van der Waals surface area contributed by atoms with Gasteiger partial charge in [-0.15, -0.1) is 0 Å². The Balaban J connectivity index is 1.11. The van der Waals surface area contributed by atoms with Crippen molar-refractivity contribution in [2.24, 2.45) is 45.3 Å². The van der Waals surface area contributed by atoms with Crippen LogP contribution < -0.4 is 0 Å². The third-order valence-corrected chi connectivity index (χ3v) is 17.3. The fourth-order valence-electron chi connectivity index (χ4n) is 13.8. The highest BCUT2D eigenvalue weighted by molar-refractivity contribution is 5.84. The normalized spacial score (nSPS) is 54.7. The molecule has 0 amide bonds. The second-order valence-corrected chi connectivity index (χ2v) is 20.9. The number of ketones is 1. The lowest BCUT2D eigenvalue weighted by atomic mass is 9.35. The quantitative estimate of drug-likeness (QED) is 0.163. The van der Waals surface area contributed by atoms with Gasteiger partial charge in [0.25, 0.3) is 0 Å². The molecule has 7 fully saturated rings. The van der Waals surface area contributed by atoms with Gasteiger partial charge in [-0.1, -0.05) is 34.6 Å². The Morgan fingerprint density at radius 1 is 0.696 bits per heavy atom. The van der Waals surface area contributed by atoms with E-state index in [9.17, 15) is 45.6 Å². The molecule has 8 N–H and O–H groups in total. The van der Waals surface area contributed by atoms with E-state index in [1.54, 1.807) is 13.8 Å². The van der Waals surface area contributed by atoms with Crippen molar-refractivity contribution >= 4 is 5.78 Å². The molecule has 7 rings (SSSR count). The summed E-state index contributed by atoms with van der Waals surface area (Å²) in [6.45, 7) is 16.0. The molecule has 0 bridgehead atoms. The molecule has 3 heterocycles. The Kier molecular flexibility index (Phi) is 11.3. The first-order chi connectivity index (χ1) is 26.0. The van der Waals surface area contributed by atoms with E-state index in [0.29, 0.717) is 18.6 Å². The maximum Gasteiger partial charge on any atom is 0.187 e. The number of rotatable bonds is 8. The predicted molar refractivity (Wildman–Crippen MR) is 199 cm³/mol. The summed E-state index contributed by atoms with van der Waals surface area (Å²) in [6.07, 6.45) is -8.63. The summed E-state index contributed by atoms with van der Waals surface area (Å²) in [5, 5.41) is 84.2. The summed E-state index contributed by atoms with van der Waals surface area (Å²) in [5.74, 6) is 0.622. The van der Waals surface area contributed by atoms with E-state index in [0.717, 1.165) is 44.9 Å². The van der Waals surface area contributed by atoms with Gasteiger partial charge in [-0.05, 0) is 112 Å². The highest BCUT2D eigenvalue weighted by Crippen LogP contribution is 2.75. The first-order valence-electron chi connectivity index (χ1n) is 21.2. The van der Waals surface area contributed by atoms with E-state index < -0.39 is 97.3 Å². The monoisotopic (exact) mass is 798 g/mol. The molecule has 14 heteroatoms. The van der Waals surface area contributed by atoms with E-state index in [4.69, 9.17) is 23.7 Å². The van der Waals surface area contributed by atoms with Gasteiger partial charge < -0.3 is 64.5 Å². The molecule has 56 heavy (non-hydrogen) atoms. The van der Waals surface area contributed by atoms with E-state index in [1.807, 2.05) is 0 Å². The zero-order chi connectivity index (χ0) is 41.1. The highest BCUT2D eigenvalue weighted by Gasteiger charge is 2.72. The molecular formula is C42H70O14. The minimum absolute atomic E-state index is 0.0919. The molecule has 4 aliphatic carbocycles. The van der Waals surface area contributed by atoms with Crippen LogP contribution in [0.1, 0.15) is 113 Å². The Bertz CT molecular complexity index is 1450. The van der Waals surface area contributed by atoms with Crippen molar-refractivity contribution in [3.63, 3.8) is 0 Å². The predicted octanol–water partition coefficient (Wildman–Crippen LogP) is 1.57. The second kappa shape index (κ2) is 14.7. The number of Topliss-reactive ketones (excluding diaryl/α,β-unsaturated/α-hetero) is 1. The molecule has 3 saturated heterocycles. The largest absolute Gasteiger partial charge is 0.394 e. The molecule has 20 atom stereocenters. The summed E-state index contributed by atoms with van der Waals surface area (Å²) in [5.41, 5.74) is -2.36. The fraction of sp³-hybridized carbons (Fsp3) is 0.976. The number of aliphatic hydroxyl groups is 8. The number of hydrogen-bond donors (Lipinski definition) is 8. The van der Waals surface area contributed by atoms with Crippen molar-refractivity contribution in [3.05, 3.63) is 0 Å². The Morgan fingerprint density at radius 2 is 1.30 bits per heavy atom. The van der Waals surface area contributed by atoms with Gasteiger partial charge in [0.05, 0.1) is 36.6 Å². The lowest BCUT2D eigenvalue weighted by Crippen LogP contribution is -2.67. The van der Waals surface area contributed by atoms with Crippen LogP contribution in [-0.2, 0) is 28.5 Å². The molecule has 0 spiro atoms. The van der Waals surface area contributed by atoms with Gasteiger partial charge in [0.15, 0.2) is 12.6 Å². The summed E-state index contributed by atoms with van der Waals surface area (Å²) in [4.78, 5) is 14.7. The third kappa shape index (κ3) is 6.50. The smallest absolute Gasteiger partial charge is 0.187 e. The van der Waals surface area contributed by atoms with Crippen molar-refractivity contribution in [2.75, 3.05) is 13.2 Å². The van der Waals surface area contributed by atoms with Crippen LogP contribution in [0.3, 0.4) is 0 Å². The van der Waals surface area contributed by atoms with E-state index in [1.165, 1.54) is 0 Å². The maximum atomic E-state index is 14.7. The van der Waals surface area contributed by atoms with Crippen molar-refractivity contribution < 1.29 is 69.3 Å². The molecule has 5 unspecified atom stereocenters. The Morgan fingerprint density at radius 3 is 1.91 bits per heavy atom. The van der Waals surface area contributed by atoms with Gasteiger partial charge in [-0.25, -0.2) is 0 Å². The van der Waals surface area contributed by atoms with Crippen LogP contribution in [0, 0.1) is 45.3 Å². The van der Waals surface area contributed by atoms with Crippen molar-refractivity contribution in [2.45, 2.75) is 198 Å². The van der Waals surface area contributed by atoms with Crippen LogP contribution in [-0.4, -0.2) is 145 Å². The molecule has 322 valence electrons. The zero-order valence-corrected chi connectivity index (χ0v) is 34.5. The van der Waals surface area contributed by atoms with E-state index >= 15 is 0 Å². The van der Waals surface area contributed by atoms with Crippen molar-refractivity contribution in [3.8, 4) is 0 Å². The second-order valence-electron chi connectivity index (χ2n) is 20.9. The topological polar surface area (TPSA) is 225 Å².